The number of hydrogen-bond acceptors (Lipinski definition) is 3. The number of benzene rings is 1. The van der Waals surface area contributed by atoms with Gasteiger partial charge in [0.15, 0.2) is 0 Å². The van der Waals surface area contributed by atoms with Gasteiger partial charge in [-0.1, -0.05) is 6.07 Å². The molecule has 0 bridgehead atoms. The predicted molar refractivity (Wildman–Crippen MR) is 73.1 cm³/mol. The minimum atomic E-state index is -1.40. The standard InChI is InChI=1S/C14H13FN2O4/c1-8-6-10(15)3-2-9(8)4-5-17-7-11(13(19)20)12(18)16-14(17)21/h2-3,6-7H,4-5H2,1H3,(H,19,20)(H,16,18,21). The summed E-state index contributed by atoms with van der Waals surface area (Å²) in [7, 11) is 0. The number of nitrogens with one attached hydrogen (secondary N) is 1. The van der Waals surface area contributed by atoms with Crippen molar-refractivity contribution in [3.8, 4) is 0 Å². The average molecular weight is 292 g/mol. The Morgan fingerprint density at radius 3 is 2.71 bits per heavy atom. The van der Waals surface area contributed by atoms with Gasteiger partial charge in [-0.3, -0.25) is 14.3 Å². The van der Waals surface area contributed by atoms with Crippen LogP contribution in [0.4, 0.5) is 4.39 Å². The number of carbonyl (C=O) groups is 1. The molecule has 0 spiro atoms. The number of aryl methyl sites for hydroxylation is 3. The van der Waals surface area contributed by atoms with Crippen LogP contribution in [0.3, 0.4) is 0 Å². The highest BCUT2D eigenvalue weighted by molar-refractivity contribution is 5.86. The molecule has 2 rings (SSSR count). The SMILES string of the molecule is Cc1cc(F)ccc1CCn1cc(C(=O)O)c(=O)[nH]c1=O. The highest BCUT2D eigenvalue weighted by Gasteiger charge is 2.11. The zero-order chi connectivity index (χ0) is 15.6. The van der Waals surface area contributed by atoms with Crippen LogP contribution in [0.5, 0.6) is 0 Å². The van der Waals surface area contributed by atoms with Gasteiger partial charge in [0, 0.05) is 12.7 Å². The minimum Gasteiger partial charge on any atom is -0.477 e. The predicted octanol–water partition coefficient (Wildman–Crippen LogP) is 0.925. The summed E-state index contributed by atoms with van der Waals surface area (Å²) in [6.07, 6.45) is 1.43. The number of aromatic carboxylic acids is 1. The summed E-state index contributed by atoms with van der Waals surface area (Å²) in [4.78, 5) is 35.8. The maximum atomic E-state index is 13.0. The van der Waals surface area contributed by atoms with Gasteiger partial charge in [-0.05, 0) is 36.6 Å². The van der Waals surface area contributed by atoms with Crippen LogP contribution in [0.2, 0.25) is 0 Å². The maximum Gasteiger partial charge on any atom is 0.342 e. The molecule has 7 heteroatoms. The monoisotopic (exact) mass is 292 g/mol. The van der Waals surface area contributed by atoms with Crippen LogP contribution in [0, 0.1) is 12.7 Å². The molecule has 0 fully saturated rings. The van der Waals surface area contributed by atoms with Crippen LogP contribution >= 0.6 is 0 Å². The lowest BCUT2D eigenvalue weighted by atomic mass is 10.1. The zero-order valence-corrected chi connectivity index (χ0v) is 11.2. The molecule has 6 nitrogen and oxygen atoms in total. The smallest absolute Gasteiger partial charge is 0.342 e. The molecule has 0 aliphatic heterocycles. The van der Waals surface area contributed by atoms with E-state index in [0.717, 1.165) is 21.9 Å². The number of hydrogen-bond donors (Lipinski definition) is 2. The molecule has 0 saturated carbocycles. The normalized spacial score (nSPS) is 10.6. The van der Waals surface area contributed by atoms with E-state index in [1.807, 2.05) is 4.98 Å². The van der Waals surface area contributed by atoms with Crippen LogP contribution in [0.1, 0.15) is 21.5 Å². The first-order chi connectivity index (χ1) is 9.88. The molecule has 1 aromatic carbocycles. The van der Waals surface area contributed by atoms with Crippen LogP contribution in [0.25, 0.3) is 0 Å². The Morgan fingerprint density at radius 1 is 1.38 bits per heavy atom. The third kappa shape index (κ3) is 3.25. The summed E-state index contributed by atoms with van der Waals surface area (Å²) >= 11 is 0. The van der Waals surface area contributed by atoms with E-state index in [0.29, 0.717) is 6.42 Å². The molecule has 0 atom stereocenters. The van der Waals surface area contributed by atoms with Gasteiger partial charge in [-0.25, -0.2) is 14.0 Å². The van der Waals surface area contributed by atoms with Gasteiger partial charge in [0.05, 0.1) is 0 Å². The topological polar surface area (TPSA) is 92.2 Å². The molecule has 0 aliphatic carbocycles. The van der Waals surface area contributed by atoms with Crippen LogP contribution in [-0.4, -0.2) is 20.6 Å². The number of carboxylic acids is 1. The highest BCUT2D eigenvalue weighted by atomic mass is 19.1. The van der Waals surface area contributed by atoms with Gasteiger partial charge in [0.25, 0.3) is 5.56 Å². The van der Waals surface area contributed by atoms with Crippen LogP contribution in [-0.2, 0) is 13.0 Å². The lowest BCUT2D eigenvalue weighted by Gasteiger charge is -2.08. The minimum absolute atomic E-state index is 0.183. The zero-order valence-electron chi connectivity index (χ0n) is 11.2. The molecule has 2 N–H and O–H groups in total. The molecule has 110 valence electrons. The molecule has 21 heavy (non-hydrogen) atoms. The van der Waals surface area contributed by atoms with Gasteiger partial charge in [-0.15, -0.1) is 0 Å². The van der Waals surface area contributed by atoms with Gasteiger partial charge >= 0.3 is 11.7 Å². The first-order valence-corrected chi connectivity index (χ1v) is 6.20. The van der Waals surface area contributed by atoms with Crippen LogP contribution < -0.4 is 11.2 Å². The summed E-state index contributed by atoms with van der Waals surface area (Å²) in [5.74, 6) is -1.74. The van der Waals surface area contributed by atoms with Crippen molar-refractivity contribution in [1.29, 1.82) is 0 Å². The second kappa shape index (κ2) is 5.74. The highest BCUT2D eigenvalue weighted by Crippen LogP contribution is 2.11. The summed E-state index contributed by atoms with van der Waals surface area (Å²) in [6, 6.07) is 4.31. The average Bonchev–Trinajstić information content (AvgIpc) is 2.39. The largest absolute Gasteiger partial charge is 0.477 e. The molecule has 0 saturated heterocycles. The van der Waals surface area contributed by atoms with Gasteiger partial charge in [0.1, 0.15) is 11.4 Å². The van der Waals surface area contributed by atoms with E-state index in [-0.39, 0.29) is 12.4 Å². The first kappa shape index (κ1) is 14.7. The van der Waals surface area contributed by atoms with Crippen molar-refractivity contribution in [1.82, 2.24) is 9.55 Å². The van der Waals surface area contributed by atoms with E-state index < -0.39 is 22.8 Å². The molecule has 0 unspecified atom stereocenters. The van der Waals surface area contributed by atoms with Crippen molar-refractivity contribution in [2.45, 2.75) is 19.9 Å². The molecular weight excluding hydrogens is 279 g/mol. The van der Waals surface area contributed by atoms with Crippen molar-refractivity contribution in [3.05, 3.63) is 67.7 Å². The Hall–Kier alpha value is -2.70. The van der Waals surface area contributed by atoms with Crippen molar-refractivity contribution in [2.24, 2.45) is 0 Å². The van der Waals surface area contributed by atoms with Crippen molar-refractivity contribution < 1.29 is 14.3 Å². The van der Waals surface area contributed by atoms with Gasteiger partial charge in [-0.2, -0.15) is 0 Å². The summed E-state index contributed by atoms with van der Waals surface area (Å²) < 4.78 is 14.1. The number of aromatic nitrogens is 2. The summed E-state index contributed by atoms with van der Waals surface area (Å²) in [6.45, 7) is 1.93. The van der Waals surface area contributed by atoms with E-state index in [1.54, 1.807) is 13.0 Å². The molecule has 1 heterocycles. The van der Waals surface area contributed by atoms with Crippen molar-refractivity contribution in [2.75, 3.05) is 0 Å². The fourth-order valence-electron chi connectivity index (χ4n) is 2.01. The molecule has 0 amide bonds. The molecule has 1 aromatic heterocycles. The van der Waals surface area contributed by atoms with Gasteiger partial charge in [0.2, 0.25) is 0 Å². The Kier molecular flexibility index (Phi) is 4.02. The fourth-order valence-corrected chi connectivity index (χ4v) is 2.01. The summed E-state index contributed by atoms with van der Waals surface area (Å²) in [5.41, 5.74) is -0.519. The van der Waals surface area contributed by atoms with Crippen molar-refractivity contribution >= 4 is 5.97 Å². The number of halogens is 1. The number of carboxylic acid groups (broad SMARTS) is 1. The lowest BCUT2D eigenvalue weighted by Crippen LogP contribution is -2.33. The lowest BCUT2D eigenvalue weighted by molar-refractivity contribution is 0.0693. The van der Waals surface area contributed by atoms with Crippen LogP contribution in [0.15, 0.2) is 34.0 Å². The summed E-state index contributed by atoms with van der Waals surface area (Å²) in [5, 5.41) is 8.86. The van der Waals surface area contributed by atoms with E-state index in [1.165, 1.54) is 12.1 Å². The van der Waals surface area contributed by atoms with E-state index in [9.17, 15) is 18.8 Å². The number of nitrogens with zero attached hydrogens (tertiary/aromatic N) is 1. The second-order valence-electron chi connectivity index (χ2n) is 4.62. The molecular formula is C14H13FN2O4. The molecule has 2 aromatic rings. The first-order valence-electron chi connectivity index (χ1n) is 6.20. The van der Waals surface area contributed by atoms with Crippen molar-refractivity contribution in [3.63, 3.8) is 0 Å². The van der Waals surface area contributed by atoms with E-state index in [2.05, 4.69) is 0 Å². The molecule has 0 radical (unpaired) electrons. The number of aromatic amines is 1. The third-order valence-electron chi connectivity index (χ3n) is 3.17. The van der Waals surface area contributed by atoms with E-state index >= 15 is 0 Å². The number of rotatable bonds is 4. The molecule has 0 aliphatic rings. The van der Waals surface area contributed by atoms with Gasteiger partial charge < -0.3 is 5.11 Å². The maximum absolute atomic E-state index is 13.0. The third-order valence-corrected chi connectivity index (χ3v) is 3.17. The Labute approximate surface area is 118 Å². The Morgan fingerprint density at radius 2 is 2.10 bits per heavy atom. The second-order valence-corrected chi connectivity index (χ2v) is 4.62. The Bertz CT molecular complexity index is 807. The quantitative estimate of drug-likeness (QED) is 0.876. The number of H-pyrrole nitrogens is 1. The Balaban J connectivity index is 2.28. The fraction of sp³-hybridized carbons (Fsp3) is 0.214. The van der Waals surface area contributed by atoms with E-state index in [4.69, 9.17) is 5.11 Å².